The first kappa shape index (κ1) is 8.68. The fourth-order valence-corrected chi connectivity index (χ4v) is 0.716. The third-order valence-electron chi connectivity index (χ3n) is 1.36. The number of rotatable bonds is 4. The second-order valence-corrected chi connectivity index (χ2v) is 2.51. The Morgan fingerprint density at radius 1 is 1.83 bits per heavy atom. The first-order valence-electron chi connectivity index (χ1n) is 3.68. The Morgan fingerprint density at radius 3 is 3.25 bits per heavy atom. The van der Waals surface area contributed by atoms with Gasteiger partial charge in [0, 0.05) is 6.54 Å². The van der Waals surface area contributed by atoms with E-state index >= 15 is 0 Å². The lowest BCUT2D eigenvalue weighted by Gasteiger charge is -2.01. The first-order valence-corrected chi connectivity index (χ1v) is 3.68. The van der Waals surface area contributed by atoms with E-state index in [1.165, 1.54) is 6.39 Å². The van der Waals surface area contributed by atoms with Crippen molar-refractivity contribution in [2.45, 2.75) is 13.5 Å². The number of nitrogens with one attached hydrogen (secondary N) is 1. The van der Waals surface area contributed by atoms with Gasteiger partial charge in [0.1, 0.15) is 0 Å². The lowest BCUT2D eigenvalue weighted by Crippen LogP contribution is -2.20. The van der Waals surface area contributed by atoms with Gasteiger partial charge in [0.15, 0.2) is 5.82 Å². The SMILES string of the molecule is CC(C#N)CNCc1ncon1. The summed E-state index contributed by atoms with van der Waals surface area (Å²) in [7, 11) is 0. The van der Waals surface area contributed by atoms with Gasteiger partial charge in [0.05, 0.1) is 18.5 Å². The van der Waals surface area contributed by atoms with Crippen molar-refractivity contribution in [3.63, 3.8) is 0 Å². The van der Waals surface area contributed by atoms with Gasteiger partial charge in [-0.15, -0.1) is 0 Å². The van der Waals surface area contributed by atoms with Gasteiger partial charge in [0.2, 0.25) is 6.39 Å². The molecule has 1 heterocycles. The molecule has 0 amide bonds. The number of hydrogen-bond donors (Lipinski definition) is 1. The van der Waals surface area contributed by atoms with Gasteiger partial charge in [-0.2, -0.15) is 10.2 Å². The molecule has 0 aromatic carbocycles. The van der Waals surface area contributed by atoms with Crippen molar-refractivity contribution in [1.29, 1.82) is 5.26 Å². The molecule has 0 aliphatic rings. The molecular formula is C7H10N4O. The standard InChI is InChI=1S/C7H10N4O/c1-6(2-8)3-9-4-7-10-5-12-11-7/h5-6,9H,3-4H2,1H3. The Bertz CT molecular complexity index is 251. The summed E-state index contributed by atoms with van der Waals surface area (Å²) in [4.78, 5) is 3.82. The second-order valence-electron chi connectivity index (χ2n) is 2.51. The summed E-state index contributed by atoms with van der Waals surface area (Å²) in [6.45, 7) is 3.04. The molecule has 1 aromatic heterocycles. The maximum absolute atomic E-state index is 8.45. The zero-order valence-electron chi connectivity index (χ0n) is 6.82. The van der Waals surface area contributed by atoms with Gasteiger partial charge >= 0.3 is 0 Å². The highest BCUT2D eigenvalue weighted by atomic mass is 16.5. The van der Waals surface area contributed by atoms with Crippen molar-refractivity contribution in [2.24, 2.45) is 5.92 Å². The van der Waals surface area contributed by atoms with Crippen molar-refractivity contribution in [2.75, 3.05) is 6.54 Å². The molecule has 0 spiro atoms. The average molecular weight is 166 g/mol. The molecule has 0 aliphatic heterocycles. The maximum Gasteiger partial charge on any atom is 0.213 e. The first-order chi connectivity index (χ1) is 5.83. The van der Waals surface area contributed by atoms with Crippen molar-refractivity contribution < 1.29 is 4.52 Å². The van der Waals surface area contributed by atoms with Gasteiger partial charge in [-0.25, -0.2) is 0 Å². The molecule has 0 aliphatic carbocycles. The molecule has 1 N–H and O–H groups in total. The lowest BCUT2D eigenvalue weighted by molar-refractivity contribution is 0.406. The second kappa shape index (κ2) is 4.46. The number of hydrogen-bond acceptors (Lipinski definition) is 5. The van der Waals surface area contributed by atoms with Gasteiger partial charge in [-0.05, 0) is 6.92 Å². The monoisotopic (exact) mass is 166 g/mol. The van der Waals surface area contributed by atoms with E-state index in [4.69, 9.17) is 5.26 Å². The van der Waals surface area contributed by atoms with E-state index in [9.17, 15) is 0 Å². The third-order valence-corrected chi connectivity index (χ3v) is 1.36. The van der Waals surface area contributed by atoms with Crippen molar-refractivity contribution in [1.82, 2.24) is 15.5 Å². The van der Waals surface area contributed by atoms with Crippen LogP contribution in [0.15, 0.2) is 10.9 Å². The zero-order chi connectivity index (χ0) is 8.81. The van der Waals surface area contributed by atoms with Crippen LogP contribution in [0.25, 0.3) is 0 Å². The van der Waals surface area contributed by atoms with Gasteiger partial charge < -0.3 is 9.84 Å². The van der Waals surface area contributed by atoms with E-state index in [0.29, 0.717) is 18.9 Å². The van der Waals surface area contributed by atoms with Crippen LogP contribution >= 0.6 is 0 Å². The summed E-state index contributed by atoms with van der Waals surface area (Å²) in [6.07, 6.45) is 1.28. The molecule has 1 rings (SSSR count). The Balaban J connectivity index is 2.16. The van der Waals surface area contributed by atoms with Crippen LogP contribution in [-0.4, -0.2) is 16.7 Å². The van der Waals surface area contributed by atoms with E-state index in [2.05, 4.69) is 26.0 Å². The van der Waals surface area contributed by atoms with E-state index < -0.39 is 0 Å². The summed E-state index contributed by atoms with van der Waals surface area (Å²) in [5.41, 5.74) is 0. The van der Waals surface area contributed by atoms with Crippen LogP contribution in [0.5, 0.6) is 0 Å². The van der Waals surface area contributed by atoms with Crippen LogP contribution in [0.4, 0.5) is 0 Å². The third kappa shape index (κ3) is 2.68. The Hall–Kier alpha value is -1.41. The van der Waals surface area contributed by atoms with Crippen molar-refractivity contribution in [3.05, 3.63) is 12.2 Å². The summed E-state index contributed by atoms with van der Waals surface area (Å²) in [5, 5.41) is 15.1. The molecule has 0 saturated heterocycles. The van der Waals surface area contributed by atoms with Crippen LogP contribution in [0.3, 0.4) is 0 Å². The molecule has 0 bridgehead atoms. The number of aromatic nitrogens is 2. The van der Waals surface area contributed by atoms with Crippen molar-refractivity contribution >= 4 is 0 Å². The summed E-state index contributed by atoms with van der Waals surface area (Å²) >= 11 is 0. The fourth-order valence-electron chi connectivity index (χ4n) is 0.716. The maximum atomic E-state index is 8.45. The lowest BCUT2D eigenvalue weighted by atomic mass is 10.2. The van der Waals surface area contributed by atoms with E-state index in [0.717, 1.165) is 0 Å². The molecule has 5 heteroatoms. The molecule has 1 aromatic rings. The van der Waals surface area contributed by atoms with E-state index in [1.54, 1.807) is 0 Å². The summed E-state index contributed by atoms with van der Waals surface area (Å²) in [6, 6.07) is 2.12. The van der Waals surface area contributed by atoms with Crippen molar-refractivity contribution in [3.8, 4) is 6.07 Å². The average Bonchev–Trinajstić information content (AvgIpc) is 2.57. The topological polar surface area (TPSA) is 74.7 Å². The van der Waals surface area contributed by atoms with Gasteiger partial charge in [-0.1, -0.05) is 5.16 Å². The predicted molar refractivity (Wildman–Crippen MR) is 40.8 cm³/mol. The molecule has 12 heavy (non-hydrogen) atoms. The fraction of sp³-hybridized carbons (Fsp3) is 0.571. The van der Waals surface area contributed by atoms with E-state index in [1.807, 2.05) is 6.92 Å². The highest BCUT2D eigenvalue weighted by Gasteiger charge is 2.00. The quantitative estimate of drug-likeness (QED) is 0.697. The van der Waals surface area contributed by atoms with Crippen LogP contribution < -0.4 is 5.32 Å². The highest BCUT2D eigenvalue weighted by molar-refractivity contribution is 4.82. The van der Waals surface area contributed by atoms with Gasteiger partial charge in [-0.3, -0.25) is 0 Å². The molecule has 64 valence electrons. The number of nitriles is 1. The molecule has 1 atom stereocenters. The molecule has 0 fully saturated rings. The van der Waals surface area contributed by atoms with Crippen LogP contribution in [0.2, 0.25) is 0 Å². The minimum absolute atomic E-state index is 0.0110. The zero-order valence-corrected chi connectivity index (χ0v) is 6.82. The molecular weight excluding hydrogens is 156 g/mol. The van der Waals surface area contributed by atoms with E-state index in [-0.39, 0.29) is 5.92 Å². The minimum Gasteiger partial charge on any atom is -0.343 e. The number of nitrogens with zero attached hydrogens (tertiary/aromatic N) is 3. The molecule has 1 unspecified atom stereocenters. The highest BCUT2D eigenvalue weighted by Crippen LogP contribution is 1.90. The van der Waals surface area contributed by atoms with Crippen LogP contribution in [0, 0.1) is 17.2 Å². The Kier molecular flexibility index (Phi) is 3.23. The molecule has 0 saturated carbocycles. The predicted octanol–water partition coefficient (Wildman–Crippen LogP) is 0.319. The normalized spacial score (nSPS) is 12.3. The summed E-state index contributed by atoms with van der Waals surface area (Å²) < 4.78 is 4.53. The Morgan fingerprint density at radius 2 is 2.67 bits per heavy atom. The largest absolute Gasteiger partial charge is 0.343 e. The minimum atomic E-state index is 0.0110. The van der Waals surface area contributed by atoms with Crippen LogP contribution in [0.1, 0.15) is 12.7 Å². The Labute approximate surface area is 70.4 Å². The van der Waals surface area contributed by atoms with Crippen LogP contribution in [-0.2, 0) is 6.54 Å². The summed E-state index contributed by atoms with van der Waals surface area (Å²) in [5.74, 6) is 0.622. The molecule has 0 radical (unpaired) electrons. The smallest absolute Gasteiger partial charge is 0.213 e. The molecule has 5 nitrogen and oxygen atoms in total. The van der Waals surface area contributed by atoms with Gasteiger partial charge in [0.25, 0.3) is 0 Å².